The van der Waals surface area contributed by atoms with Gasteiger partial charge in [0.2, 0.25) is 5.91 Å². The first-order valence-electron chi connectivity index (χ1n) is 5.35. The molecule has 5 heteroatoms. The molecule has 0 bridgehead atoms. The van der Waals surface area contributed by atoms with Crippen LogP contribution in [0.25, 0.3) is 6.08 Å². The van der Waals surface area contributed by atoms with Crippen molar-refractivity contribution in [3.8, 4) is 0 Å². The number of carbonyl (C=O) groups excluding carboxylic acids is 1. The topological polar surface area (TPSA) is 33.5 Å². The van der Waals surface area contributed by atoms with Gasteiger partial charge in [0.25, 0.3) is 0 Å². The molecule has 0 saturated carbocycles. The van der Waals surface area contributed by atoms with Crippen molar-refractivity contribution < 1.29 is 9.21 Å². The van der Waals surface area contributed by atoms with Crippen molar-refractivity contribution in [2.75, 3.05) is 7.05 Å². The summed E-state index contributed by atoms with van der Waals surface area (Å²) in [6.07, 6.45) is 4.77. The molecule has 2 aromatic heterocycles. The molecule has 3 nitrogen and oxygen atoms in total. The lowest BCUT2D eigenvalue weighted by molar-refractivity contribution is -0.125. The number of amides is 1. The predicted octanol–water partition coefficient (Wildman–Crippen LogP) is 3.78. The molecule has 0 aliphatic rings. The van der Waals surface area contributed by atoms with Crippen molar-refractivity contribution in [2.45, 2.75) is 6.54 Å². The third-order valence-corrected chi connectivity index (χ3v) is 4.01. The molecule has 0 fully saturated rings. The van der Waals surface area contributed by atoms with Gasteiger partial charge in [0.15, 0.2) is 0 Å². The Morgan fingerprint density at radius 3 is 3.06 bits per heavy atom. The SMILES string of the molecule is CN(Cc1cc(Br)cs1)C(=O)/C=C/c1ccco1. The number of likely N-dealkylation sites (N-methyl/N-ethyl adjacent to an activating group) is 1. The maximum atomic E-state index is 11.8. The minimum Gasteiger partial charge on any atom is -0.465 e. The van der Waals surface area contributed by atoms with Gasteiger partial charge in [-0.05, 0) is 40.2 Å². The van der Waals surface area contributed by atoms with Gasteiger partial charge in [-0.1, -0.05) is 0 Å². The molecule has 0 saturated heterocycles. The van der Waals surface area contributed by atoms with Crippen molar-refractivity contribution >= 4 is 39.2 Å². The zero-order valence-corrected chi connectivity index (χ0v) is 12.2. The van der Waals surface area contributed by atoms with Crippen molar-refractivity contribution in [2.24, 2.45) is 0 Å². The lowest BCUT2D eigenvalue weighted by Crippen LogP contribution is -2.23. The van der Waals surface area contributed by atoms with E-state index in [1.54, 1.807) is 47.8 Å². The van der Waals surface area contributed by atoms with E-state index < -0.39 is 0 Å². The van der Waals surface area contributed by atoms with Gasteiger partial charge in [0.1, 0.15) is 5.76 Å². The highest BCUT2D eigenvalue weighted by atomic mass is 79.9. The van der Waals surface area contributed by atoms with Crippen molar-refractivity contribution in [1.29, 1.82) is 0 Å². The largest absolute Gasteiger partial charge is 0.465 e. The quantitative estimate of drug-likeness (QED) is 0.801. The summed E-state index contributed by atoms with van der Waals surface area (Å²) in [5.41, 5.74) is 0. The van der Waals surface area contributed by atoms with E-state index >= 15 is 0 Å². The second kappa shape index (κ2) is 6.02. The zero-order valence-electron chi connectivity index (χ0n) is 9.80. The van der Waals surface area contributed by atoms with E-state index in [1.807, 2.05) is 11.4 Å². The monoisotopic (exact) mass is 325 g/mol. The maximum absolute atomic E-state index is 11.8. The van der Waals surface area contributed by atoms with E-state index in [4.69, 9.17) is 4.42 Å². The molecule has 0 radical (unpaired) electrons. The van der Waals surface area contributed by atoms with Crippen LogP contribution < -0.4 is 0 Å². The molecule has 0 aromatic carbocycles. The van der Waals surface area contributed by atoms with Gasteiger partial charge in [-0.3, -0.25) is 4.79 Å². The first-order chi connectivity index (χ1) is 8.65. The van der Waals surface area contributed by atoms with Crippen LogP contribution in [0.5, 0.6) is 0 Å². The number of nitrogens with zero attached hydrogens (tertiary/aromatic N) is 1. The average molecular weight is 326 g/mol. The van der Waals surface area contributed by atoms with Crippen LogP contribution in [-0.4, -0.2) is 17.9 Å². The van der Waals surface area contributed by atoms with Crippen LogP contribution in [0.1, 0.15) is 10.6 Å². The molecule has 2 heterocycles. The summed E-state index contributed by atoms with van der Waals surface area (Å²) < 4.78 is 6.17. The highest BCUT2D eigenvalue weighted by Gasteiger charge is 2.07. The number of furan rings is 1. The third-order valence-electron chi connectivity index (χ3n) is 2.32. The van der Waals surface area contributed by atoms with Crippen molar-refractivity contribution in [3.63, 3.8) is 0 Å². The third kappa shape index (κ3) is 3.58. The van der Waals surface area contributed by atoms with E-state index in [-0.39, 0.29) is 5.91 Å². The molecule has 18 heavy (non-hydrogen) atoms. The van der Waals surface area contributed by atoms with E-state index in [9.17, 15) is 4.79 Å². The summed E-state index contributed by atoms with van der Waals surface area (Å²) in [6, 6.07) is 5.61. The summed E-state index contributed by atoms with van der Waals surface area (Å²) in [5, 5.41) is 2.01. The molecule has 94 valence electrons. The normalized spacial score (nSPS) is 11.0. The summed E-state index contributed by atoms with van der Waals surface area (Å²) >= 11 is 5.02. The zero-order chi connectivity index (χ0) is 13.0. The Kier molecular flexibility index (Phi) is 4.38. The standard InChI is InChI=1S/C13H12BrNO2S/c1-15(8-12-7-10(14)9-18-12)13(16)5-4-11-3-2-6-17-11/h2-7,9H,8H2,1H3/b5-4+. The Morgan fingerprint density at radius 1 is 1.61 bits per heavy atom. The Balaban J connectivity index is 1.92. The number of hydrogen-bond acceptors (Lipinski definition) is 3. The molecule has 0 aliphatic carbocycles. The van der Waals surface area contributed by atoms with Crippen LogP contribution in [0.4, 0.5) is 0 Å². The summed E-state index contributed by atoms with van der Waals surface area (Å²) in [6.45, 7) is 0.609. The van der Waals surface area contributed by atoms with Crippen LogP contribution in [0.15, 0.2) is 44.8 Å². The lowest BCUT2D eigenvalue weighted by Gasteiger charge is -2.13. The number of halogens is 1. The Labute approximate surface area is 118 Å². The van der Waals surface area contributed by atoms with Crippen LogP contribution in [0.2, 0.25) is 0 Å². The average Bonchev–Trinajstić information content (AvgIpc) is 2.97. The smallest absolute Gasteiger partial charge is 0.246 e. The maximum Gasteiger partial charge on any atom is 0.246 e. The van der Waals surface area contributed by atoms with Gasteiger partial charge in [0, 0.05) is 27.9 Å². The Hall–Kier alpha value is -1.33. The van der Waals surface area contributed by atoms with Crippen LogP contribution in [0.3, 0.4) is 0 Å². The predicted molar refractivity (Wildman–Crippen MR) is 76.2 cm³/mol. The Bertz CT molecular complexity index is 545. The lowest BCUT2D eigenvalue weighted by atomic mass is 10.3. The molecule has 0 aliphatic heterocycles. The van der Waals surface area contributed by atoms with E-state index in [1.165, 1.54) is 6.08 Å². The second-order valence-electron chi connectivity index (χ2n) is 3.77. The molecule has 2 rings (SSSR count). The Morgan fingerprint density at radius 2 is 2.44 bits per heavy atom. The molecule has 2 aromatic rings. The number of rotatable bonds is 4. The van der Waals surface area contributed by atoms with Gasteiger partial charge in [0.05, 0.1) is 12.8 Å². The van der Waals surface area contributed by atoms with E-state index in [0.29, 0.717) is 12.3 Å². The summed E-state index contributed by atoms with van der Waals surface area (Å²) in [5.74, 6) is 0.631. The van der Waals surface area contributed by atoms with Gasteiger partial charge in [-0.15, -0.1) is 11.3 Å². The molecule has 0 spiro atoms. The highest BCUT2D eigenvalue weighted by Crippen LogP contribution is 2.20. The van der Waals surface area contributed by atoms with Gasteiger partial charge < -0.3 is 9.32 Å². The van der Waals surface area contributed by atoms with E-state index in [2.05, 4.69) is 15.9 Å². The van der Waals surface area contributed by atoms with Crippen molar-refractivity contribution in [1.82, 2.24) is 4.90 Å². The van der Waals surface area contributed by atoms with Crippen LogP contribution in [-0.2, 0) is 11.3 Å². The van der Waals surface area contributed by atoms with Gasteiger partial charge in [-0.25, -0.2) is 0 Å². The number of thiophene rings is 1. The fourth-order valence-corrected chi connectivity index (χ4v) is 2.92. The van der Waals surface area contributed by atoms with Gasteiger partial charge in [-0.2, -0.15) is 0 Å². The van der Waals surface area contributed by atoms with Crippen molar-refractivity contribution in [3.05, 3.63) is 51.0 Å². The van der Waals surface area contributed by atoms with Crippen LogP contribution >= 0.6 is 27.3 Å². The molecule has 0 unspecified atom stereocenters. The van der Waals surface area contributed by atoms with Gasteiger partial charge >= 0.3 is 0 Å². The number of carbonyl (C=O) groups is 1. The fourth-order valence-electron chi connectivity index (χ4n) is 1.42. The number of hydrogen-bond donors (Lipinski definition) is 0. The highest BCUT2D eigenvalue weighted by molar-refractivity contribution is 9.10. The molecule has 0 N–H and O–H groups in total. The van der Waals surface area contributed by atoms with Crippen LogP contribution in [0, 0.1) is 0 Å². The first kappa shape index (κ1) is 13.1. The summed E-state index contributed by atoms with van der Waals surface area (Å²) in [7, 11) is 1.78. The minimum absolute atomic E-state index is 0.0454. The first-order valence-corrected chi connectivity index (χ1v) is 7.02. The second-order valence-corrected chi connectivity index (χ2v) is 5.69. The molecule has 1 amide bonds. The summed E-state index contributed by atoms with van der Waals surface area (Å²) in [4.78, 5) is 14.6. The van der Waals surface area contributed by atoms with E-state index in [0.717, 1.165) is 9.35 Å². The molecular formula is C13H12BrNO2S. The minimum atomic E-state index is -0.0454. The molecule has 0 atom stereocenters. The fraction of sp³-hybridized carbons (Fsp3) is 0.154. The molecular weight excluding hydrogens is 314 g/mol.